The highest BCUT2D eigenvalue weighted by molar-refractivity contribution is 8.00. The molecule has 100 valence electrons. The van der Waals surface area contributed by atoms with Gasteiger partial charge in [-0.2, -0.15) is 0 Å². The van der Waals surface area contributed by atoms with Crippen molar-refractivity contribution in [1.82, 2.24) is 9.55 Å². The Morgan fingerprint density at radius 1 is 1.56 bits per heavy atom. The topological polar surface area (TPSA) is 72.2 Å². The van der Waals surface area contributed by atoms with Crippen LogP contribution in [0.2, 0.25) is 0 Å². The van der Waals surface area contributed by atoms with Gasteiger partial charge < -0.3 is 9.67 Å². The lowest BCUT2D eigenvalue weighted by Gasteiger charge is -2.11. The van der Waals surface area contributed by atoms with Gasteiger partial charge in [-0.25, -0.2) is 4.98 Å². The Kier molecular flexibility index (Phi) is 5.40. The van der Waals surface area contributed by atoms with E-state index in [1.165, 1.54) is 0 Å². The molecule has 0 aromatic carbocycles. The Balaban J connectivity index is 2.96. The van der Waals surface area contributed by atoms with Crippen LogP contribution in [0, 0.1) is 5.92 Å². The summed E-state index contributed by atoms with van der Waals surface area (Å²) in [6, 6.07) is 0. The smallest absolute Gasteiger partial charge is 0.317 e. The van der Waals surface area contributed by atoms with E-state index in [-0.39, 0.29) is 10.6 Å². The summed E-state index contributed by atoms with van der Waals surface area (Å²) in [6.07, 6.45) is 3.63. The lowest BCUT2D eigenvalue weighted by molar-refractivity contribution is -0.136. The van der Waals surface area contributed by atoms with Crippen molar-refractivity contribution in [3.63, 3.8) is 0 Å². The fraction of sp³-hybridized carbons (Fsp3) is 0.583. The predicted octanol–water partition coefficient (Wildman–Crippen LogP) is 1.85. The Morgan fingerprint density at radius 2 is 2.22 bits per heavy atom. The molecule has 0 aliphatic carbocycles. The van der Waals surface area contributed by atoms with Crippen molar-refractivity contribution < 1.29 is 9.90 Å². The van der Waals surface area contributed by atoms with Crippen LogP contribution < -0.4 is 5.56 Å². The standard InChI is InChI=1S/C12H18N2O3S/c1-4-9(12(16)17)18-10-11(15)14(6-5-13-10)7-8(2)3/h5-6,8-9H,4,7H2,1-3H3,(H,16,17). The van der Waals surface area contributed by atoms with Gasteiger partial charge in [-0.05, 0) is 12.3 Å². The third-order valence-corrected chi connectivity index (χ3v) is 3.67. The van der Waals surface area contributed by atoms with Crippen LogP contribution in [0.15, 0.2) is 22.2 Å². The number of hydrogen-bond acceptors (Lipinski definition) is 4. The van der Waals surface area contributed by atoms with Crippen LogP contribution in [0.1, 0.15) is 27.2 Å². The first-order chi connectivity index (χ1) is 8.45. The molecule has 1 aromatic heterocycles. The zero-order valence-corrected chi connectivity index (χ0v) is 11.6. The predicted molar refractivity (Wildman–Crippen MR) is 70.9 cm³/mol. The lowest BCUT2D eigenvalue weighted by Crippen LogP contribution is -2.26. The van der Waals surface area contributed by atoms with Crippen molar-refractivity contribution in [2.45, 2.75) is 44.0 Å². The third-order valence-electron chi connectivity index (χ3n) is 2.34. The average molecular weight is 270 g/mol. The molecule has 1 aromatic rings. The van der Waals surface area contributed by atoms with Gasteiger partial charge in [0.05, 0.1) is 0 Å². The quantitative estimate of drug-likeness (QED) is 0.799. The first-order valence-corrected chi connectivity index (χ1v) is 6.78. The summed E-state index contributed by atoms with van der Waals surface area (Å²) in [5.41, 5.74) is -0.212. The third kappa shape index (κ3) is 3.87. The molecule has 0 aliphatic rings. The van der Waals surface area contributed by atoms with Gasteiger partial charge in [-0.15, -0.1) is 0 Å². The maximum absolute atomic E-state index is 12.1. The minimum atomic E-state index is -0.914. The Morgan fingerprint density at radius 3 is 2.72 bits per heavy atom. The second-order valence-corrected chi connectivity index (χ2v) is 5.63. The first-order valence-electron chi connectivity index (χ1n) is 5.90. The maximum Gasteiger partial charge on any atom is 0.317 e. The van der Waals surface area contributed by atoms with Crippen molar-refractivity contribution in [3.8, 4) is 0 Å². The summed E-state index contributed by atoms with van der Waals surface area (Å²) in [7, 11) is 0. The first kappa shape index (κ1) is 14.8. The fourth-order valence-corrected chi connectivity index (χ4v) is 2.37. The summed E-state index contributed by atoms with van der Waals surface area (Å²) in [6.45, 7) is 6.43. The molecule has 0 fully saturated rings. The van der Waals surface area contributed by atoms with Crippen LogP contribution >= 0.6 is 11.8 Å². The van der Waals surface area contributed by atoms with E-state index in [0.717, 1.165) is 11.8 Å². The molecule has 1 unspecified atom stereocenters. The number of aromatic nitrogens is 2. The normalized spacial score (nSPS) is 12.7. The van der Waals surface area contributed by atoms with Gasteiger partial charge in [0.15, 0.2) is 5.03 Å². The van der Waals surface area contributed by atoms with Gasteiger partial charge in [0, 0.05) is 18.9 Å². The van der Waals surface area contributed by atoms with Crippen LogP contribution in [0.5, 0.6) is 0 Å². The van der Waals surface area contributed by atoms with Crippen molar-refractivity contribution in [2.75, 3.05) is 0 Å². The van der Waals surface area contributed by atoms with Gasteiger partial charge in [-0.3, -0.25) is 9.59 Å². The SMILES string of the molecule is CCC(Sc1nccn(CC(C)C)c1=O)C(=O)O. The molecule has 6 heteroatoms. The van der Waals surface area contributed by atoms with Gasteiger partial charge >= 0.3 is 5.97 Å². The molecule has 1 N–H and O–H groups in total. The van der Waals surface area contributed by atoms with E-state index in [9.17, 15) is 9.59 Å². The minimum Gasteiger partial charge on any atom is -0.480 e. The lowest BCUT2D eigenvalue weighted by atomic mass is 10.2. The summed E-state index contributed by atoms with van der Waals surface area (Å²) in [4.78, 5) is 27.0. The number of rotatable bonds is 6. The van der Waals surface area contributed by atoms with Crippen molar-refractivity contribution >= 4 is 17.7 Å². The van der Waals surface area contributed by atoms with Gasteiger partial charge in [0.2, 0.25) is 0 Å². The molecule has 1 heterocycles. The second kappa shape index (κ2) is 6.58. The molecule has 0 saturated carbocycles. The maximum atomic E-state index is 12.1. The van der Waals surface area contributed by atoms with E-state index in [2.05, 4.69) is 4.98 Å². The number of hydrogen-bond donors (Lipinski definition) is 1. The van der Waals surface area contributed by atoms with Gasteiger partial charge in [0.1, 0.15) is 5.25 Å². The number of aliphatic carboxylic acids is 1. The van der Waals surface area contributed by atoms with E-state index >= 15 is 0 Å². The molecule has 1 rings (SSSR count). The molecule has 0 aliphatic heterocycles. The van der Waals surface area contributed by atoms with E-state index in [0.29, 0.717) is 18.9 Å². The Hall–Kier alpha value is -1.30. The van der Waals surface area contributed by atoms with E-state index in [1.54, 1.807) is 23.9 Å². The zero-order chi connectivity index (χ0) is 13.7. The highest BCUT2D eigenvalue weighted by atomic mass is 32.2. The Labute approximate surface area is 110 Å². The number of carbonyl (C=O) groups is 1. The number of carboxylic acids is 1. The second-order valence-electron chi connectivity index (χ2n) is 4.44. The van der Waals surface area contributed by atoms with Crippen molar-refractivity contribution in [3.05, 3.63) is 22.7 Å². The molecule has 0 radical (unpaired) electrons. The summed E-state index contributed by atoms with van der Waals surface area (Å²) < 4.78 is 1.58. The van der Waals surface area contributed by atoms with Gasteiger partial charge in [0.25, 0.3) is 5.56 Å². The Bertz CT molecular complexity index is 471. The van der Waals surface area contributed by atoms with E-state index in [1.807, 2.05) is 13.8 Å². The molecule has 0 bridgehead atoms. The molecule has 0 saturated heterocycles. The largest absolute Gasteiger partial charge is 0.480 e. The van der Waals surface area contributed by atoms with Gasteiger partial charge in [-0.1, -0.05) is 32.5 Å². The molecule has 0 amide bonds. The molecule has 18 heavy (non-hydrogen) atoms. The minimum absolute atomic E-state index is 0.212. The fourth-order valence-electron chi connectivity index (χ4n) is 1.49. The summed E-state index contributed by atoms with van der Waals surface area (Å²) in [5, 5.41) is 8.61. The van der Waals surface area contributed by atoms with Crippen LogP contribution in [-0.2, 0) is 11.3 Å². The van der Waals surface area contributed by atoms with Crippen LogP contribution in [0.4, 0.5) is 0 Å². The van der Waals surface area contributed by atoms with E-state index < -0.39 is 11.2 Å². The van der Waals surface area contributed by atoms with E-state index in [4.69, 9.17) is 5.11 Å². The van der Waals surface area contributed by atoms with Crippen LogP contribution in [-0.4, -0.2) is 25.9 Å². The van der Waals surface area contributed by atoms with Crippen LogP contribution in [0.25, 0.3) is 0 Å². The molecule has 1 atom stereocenters. The molecule has 0 spiro atoms. The molecular formula is C12H18N2O3S. The summed E-state index contributed by atoms with van der Waals surface area (Å²) >= 11 is 1.02. The zero-order valence-electron chi connectivity index (χ0n) is 10.8. The number of thioether (sulfide) groups is 1. The highest BCUT2D eigenvalue weighted by Crippen LogP contribution is 2.20. The number of carboxylic acid groups (broad SMARTS) is 1. The van der Waals surface area contributed by atoms with Crippen molar-refractivity contribution in [1.29, 1.82) is 0 Å². The highest BCUT2D eigenvalue weighted by Gasteiger charge is 2.19. The van der Waals surface area contributed by atoms with Crippen LogP contribution in [0.3, 0.4) is 0 Å². The monoisotopic (exact) mass is 270 g/mol. The molecule has 5 nitrogen and oxygen atoms in total. The number of nitrogens with zero attached hydrogens (tertiary/aromatic N) is 2. The van der Waals surface area contributed by atoms with Crippen molar-refractivity contribution in [2.24, 2.45) is 5.92 Å². The summed E-state index contributed by atoms with van der Waals surface area (Å²) in [5.74, 6) is -0.563. The average Bonchev–Trinajstić information content (AvgIpc) is 2.29. The molecular weight excluding hydrogens is 252 g/mol.